The van der Waals surface area contributed by atoms with E-state index < -0.39 is 11.6 Å². The topological polar surface area (TPSA) is 55.4 Å². The van der Waals surface area contributed by atoms with Crippen molar-refractivity contribution in [2.24, 2.45) is 0 Å². The van der Waals surface area contributed by atoms with Crippen molar-refractivity contribution in [3.05, 3.63) is 12.3 Å². The van der Waals surface area contributed by atoms with Crippen molar-refractivity contribution in [3.8, 4) is 0 Å². The highest BCUT2D eigenvalue weighted by molar-refractivity contribution is 5.83. The van der Waals surface area contributed by atoms with Crippen LogP contribution in [0.15, 0.2) is 12.3 Å². The summed E-state index contributed by atoms with van der Waals surface area (Å²) in [6.07, 6.45) is 2.43. The lowest BCUT2D eigenvalue weighted by molar-refractivity contribution is -0.148. The number of nitrogens with one attached hydrogen (secondary N) is 1. The van der Waals surface area contributed by atoms with Gasteiger partial charge in [0.15, 0.2) is 0 Å². The zero-order valence-electron chi connectivity index (χ0n) is 8.38. The van der Waals surface area contributed by atoms with Crippen molar-refractivity contribution in [1.29, 1.82) is 0 Å². The molecule has 74 valence electrons. The summed E-state index contributed by atoms with van der Waals surface area (Å²) >= 11 is 0. The third-order valence-corrected chi connectivity index (χ3v) is 0.913. The van der Waals surface area contributed by atoms with Gasteiger partial charge in [-0.05, 0) is 20.8 Å². The van der Waals surface area contributed by atoms with Crippen molar-refractivity contribution in [2.75, 3.05) is 0 Å². The summed E-state index contributed by atoms with van der Waals surface area (Å²) in [5.41, 5.74) is -0.502. The maximum absolute atomic E-state index is 11.0. The number of carbonyl (C=O) groups is 2. The van der Waals surface area contributed by atoms with Gasteiger partial charge in [0.1, 0.15) is 5.60 Å². The van der Waals surface area contributed by atoms with Crippen molar-refractivity contribution < 1.29 is 14.3 Å². The maximum Gasteiger partial charge on any atom is 0.332 e. The molecule has 0 aliphatic heterocycles. The number of hydrogen-bond acceptors (Lipinski definition) is 3. The molecule has 13 heavy (non-hydrogen) atoms. The van der Waals surface area contributed by atoms with Gasteiger partial charge >= 0.3 is 5.97 Å². The van der Waals surface area contributed by atoms with Gasteiger partial charge in [0.05, 0.1) is 0 Å². The molecule has 0 saturated heterocycles. The van der Waals surface area contributed by atoms with E-state index in [0.29, 0.717) is 0 Å². The molecule has 0 unspecified atom stereocenters. The van der Waals surface area contributed by atoms with Crippen LogP contribution in [-0.2, 0) is 14.3 Å². The van der Waals surface area contributed by atoms with Gasteiger partial charge in [0, 0.05) is 19.2 Å². The molecule has 0 aliphatic carbocycles. The van der Waals surface area contributed by atoms with Crippen molar-refractivity contribution in [1.82, 2.24) is 5.32 Å². The minimum absolute atomic E-state index is 0.222. The maximum atomic E-state index is 11.0. The van der Waals surface area contributed by atoms with Crippen molar-refractivity contribution in [3.63, 3.8) is 0 Å². The van der Waals surface area contributed by atoms with Crippen LogP contribution >= 0.6 is 0 Å². The fraction of sp³-hybridized carbons (Fsp3) is 0.556. The summed E-state index contributed by atoms with van der Waals surface area (Å²) in [6, 6.07) is 0. The van der Waals surface area contributed by atoms with Crippen LogP contribution < -0.4 is 5.32 Å². The van der Waals surface area contributed by atoms with Crippen LogP contribution in [0.1, 0.15) is 27.7 Å². The van der Waals surface area contributed by atoms with Gasteiger partial charge in [-0.3, -0.25) is 4.79 Å². The summed E-state index contributed by atoms with van der Waals surface area (Å²) < 4.78 is 4.94. The number of rotatable bonds is 2. The summed E-state index contributed by atoms with van der Waals surface area (Å²) in [5.74, 6) is -0.693. The molecule has 0 bridgehead atoms. The fourth-order valence-electron chi connectivity index (χ4n) is 0.563. The zero-order chi connectivity index (χ0) is 10.5. The monoisotopic (exact) mass is 185 g/mol. The summed E-state index contributed by atoms with van der Waals surface area (Å²) in [7, 11) is 0. The predicted octanol–water partition coefficient (Wildman–Crippen LogP) is 0.978. The Morgan fingerprint density at radius 3 is 2.23 bits per heavy atom. The number of carbonyl (C=O) groups excluding carboxylic acids is 2. The minimum Gasteiger partial charge on any atom is -0.457 e. The number of esters is 1. The third kappa shape index (κ3) is 8.59. The van der Waals surface area contributed by atoms with Crippen LogP contribution in [0.2, 0.25) is 0 Å². The average Bonchev–Trinajstić information content (AvgIpc) is 1.81. The first-order valence-corrected chi connectivity index (χ1v) is 3.98. The van der Waals surface area contributed by atoms with Crippen LogP contribution in [0.25, 0.3) is 0 Å². The van der Waals surface area contributed by atoms with Gasteiger partial charge in [-0.2, -0.15) is 0 Å². The molecule has 1 N–H and O–H groups in total. The standard InChI is InChI=1S/C9H15NO3/c1-7(11)10-6-5-8(12)13-9(2,3)4/h5-6H,1-4H3,(H,10,11)/b6-5+. The van der Waals surface area contributed by atoms with E-state index in [2.05, 4.69) is 5.32 Å². The molecular weight excluding hydrogens is 170 g/mol. The number of hydrogen-bond donors (Lipinski definition) is 1. The Hall–Kier alpha value is -1.32. The molecule has 4 heteroatoms. The van der Waals surface area contributed by atoms with Crippen LogP contribution in [-0.4, -0.2) is 17.5 Å². The summed E-state index contributed by atoms with van der Waals surface area (Å²) in [5, 5.41) is 2.34. The summed E-state index contributed by atoms with van der Waals surface area (Å²) in [6.45, 7) is 6.69. The van der Waals surface area contributed by atoms with E-state index in [1.54, 1.807) is 20.8 Å². The minimum atomic E-state index is -0.502. The normalized spacial score (nSPS) is 11.4. The van der Waals surface area contributed by atoms with E-state index in [1.165, 1.54) is 19.2 Å². The third-order valence-electron chi connectivity index (χ3n) is 0.913. The fourth-order valence-corrected chi connectivity index (χ4v) is 0.563. The van der Waals surface area contributed by atoms with Gasteiger partial charge in [-0.1, -0.05) is 0 Å². The molecular formula is C9H15NO3. The predicted molar refractivity (Wildman–Crippen MR) is 48.8 cm³/mol. The van der Waals surface area contributed by atoms with Crippen molar-refractivity contribution in [2.45, 2.75) is 33.3 Å². The Kier molecular flexibility index (Phi) is 4.17. The average molecular weight is 185 g/mol. The lowest BCUT2D eigenvalue weighted by atomic mass is 10.2. The largest absolute Gasteiger partial charge is 0.457 e. The Bertz CT molecular complexity index is 226. The lowest BCUT2D eigenvalue weighted by Crippen LogP contribution is -2.23. The molecule has 0 aromatic carbocycles. The van der Waals surface area contributed by atoms with Gasteiger partial charge in [-0.25, -0.2) is 4.79 Å². The second-order valence-corrected chi connectivity index (χ2v) is 3.57. The quantitative estimate of drug-likeness (QED) is 0.515. The number of ether oxygens (including phenoxy) is 1. The molecule has 0 spiro atoms. The van der Waals surface area contributed by atoms with E-state index in [0.717, 1.165) is 0 Å². The van der Waals surface area contributed by atoms with Crippen LogP contribution in [0.5, 0.6) is 0 Å². The highest BCUT2D eigenvalue weighted by Gasteiger charge is 2.13. The molecule has 0 rings (SSSR count). The Labute approximate surface area is 78.0 Å². The first kappa shape index (κ1) is 11.7. The molecule has 0 saturated carbocycles. The van der Waals surface area contributed by atoms with E-state index >= 15 is 0 Å². The molecule has 4 nitrogen and oxygen atoms in total. The van der Waals surface area contributed by atoms with Gasteiger partial charge in [-0.15, -0.1) is 0 Å². The molecule has 0 atom stereocenters. The molecule has 0 aliphatic rings. The molecule has 0 aromatic heterocycles. The Morgan fingerprint density at radius 1 is 1.31 bits per heavy atom. The zero-order valence-corrected chi connectivity index (χ0v) is 8.38. The Balaban J connectivity index is 3.88. The highest BCUT2D eigenvalue weighted by Crippen LogP contribution is 2.06. The summed E-state index contributed by atoms with van der Waals surface area (Å²) in [4.78, 5) is 21.4. The van der Waals surface area contributed by atoms with Gasteiger partial charge in [0.2, 0.25) is 5.91 Å². The van der Waals surface area contributed by atoms with Crippen molar-refractivity contribution >= 4 is 11.9 Å². The SMILES string of the molecule is CC(=O)N/C=C/C(=O)OC(C)(C)C. The van der Waals surface area contributed by atoms with Crippen LogP contribution in [0.4, 0.5) is 0 Å². The van der Waals surface area contributed by atoms with Gasteiger partial charge in [0.25, 0.3) is 0 Å². The number of amides is 1. The highest BCUT2D eigenvalue weighted by atomic mass is 16.6. The molecule has 0 radical (unpaired) electrons. The van der Waals surface area contributed by atoms with Crippen LogP contribution in [0, 0.1) is 0 Å². The first-order valence-electron chi connectivity index (χ1n) is 3.98. The molecule has 0 heterocycles. The van der Waals surface area contributed by atoms with E-state index in [1.807, 2.05) is 0 Å². The van der Waals surface area contributed by atoms with E-state index in [-0.39, 0.29) is 5.91 Å². The first-order chi connectivity index (χ1) is 5.81. The second kappa shape index (κ2) is 4.64. The van der Waals surface area contributed by atoms with Gasteiger partial charge < -0.3 is 10.1 Å². The van der Waals surface area contributed by atoms with E-state index in [4.69, 9.17) is 4.74 Å². The lowest BCUT2D eigenvalue weighted by Gasteiger charge is -2.17. The molecule has 1 amide bonds. The smallest absolute Gasteiger partial charge is 0.332 e. The Morgan fingerprint density at radius 2 is 1.85 bits per heavy atom. The van der Waals surface area contributed by atoms with Crippen LogP contribution in [0.3, 0.4) is 0 Å². The van der Waals surface area contributed by atoms with E-state index in [9.17, 15) is 9.59 Å². The second-order valence-electron chi connectivity index (χ2n) is 3.57. The molecule has 0 aromatic rings. The molecule has 0 fully saturated rings.